The average Bonchev–Trinajstić information content (AvgIpc) is 2.17. The number of aromatic nitrogens is 1. The maximum Gasteiger partial charge on any atom is 0.384 e. The molecule has 0 aromatic carbocycles. The van der Waals surface area contributed by atoms with Gasteiger partial charge >= 0.3 is 5.97 Å². The molecule has 4 heteroatoms. The number of hydrogen-bond acceptors (Lipinski definition) is 3. The van der Waals surface area contributed by atoms with Gasteiger partial charge in [-0.15, -0.1) is 0 Å². The van der Waals surface area contributed by atoms with Crippen molar-refractivity contribution in [1.29, 1.82) is 0 Å². The van der Waals surface area contributed by atoms with Gasteiger partial charge in [-0.25, -0.2) is 9.78 Å². The van der Waals surface area contributed by atoms with Gasteiger partial charge < -0.3 is 4.74 Å². The molecule has 72 valence electrons. The molecular weight excluding hydrogens is 185 g/mol. The van der Waals surface area contributed by atoms with Crippen LogP contribution in [0.2, 0.25) is 0 Å². The maximum atomic E-state index is 12.4. The summed E-state index contributed by atoms with van der Waals surface area (Å²) in [4.78, 5) is 14.2. The Labute approximate surface area is 80.9 Å². The second kappa shape index (κ2) is 4.97. The number of esters is 1. The van der Waals surface area contributed by atoms with Crippen molar-refractivity contribution in [2.45, 2.75) is 6.92 Å². The van der Waals surface area contributed by atoms with E-state index in [4.69, 9.17) is 0 Å². The van der Waals surface area contributed by atoms with E-state index in [0.717, 1.165) is 0 Å². The number of halogens is 1. The summed E-state index contributed by atoms with van der Waals surface area (Å²) >= 11 is 0. The SMILES string of the molecule is CCOC(=O)C#Cc1ccc(F)nc1. The number of pyridine rings is 1. The predicted molar refractivity (Wildman–Crippen MR) is 47.7 cm³/mol. The van der Waals surface area contributed by atoms with Crippen molar-refractivity contribution in [2.24, 2.45) is 0 Å². The molecule has 1 aromatic rings. The minimum atomic E-state index is -0.600. The molecule has 1 aromatic heterocycles. The van der Waals surface area contributed by atoms with Crippen LogP contribution in [0.4, 0.5) is 4.39 Å². The highest BCUT2D eigenvalue weighted by molar-refractivity contribution is 5.89. The lowest BCUT2D eigenvalue weighted by Gasteiger charge is -1.91. The van der Waals surface area contributed by atoms with Gasteiger partial charge in [-0.05, 0) is 19.1 Å². The highest BCUT2D eigenvalue weighted by Crippen LogP contribution is 1.96. The number of nitrogens with zero attached hydrogens (tertiary/aromatic N) is 1. The van der Waals surface area contributed by atoms with Gasteiger partial charge in [0.15, 0.2) is 0 Å². The predicted octanol–water partition coefficient (Wildman–Crippen LogP) is 1.14. The Morgan fingerprint density at radius 2 is 2.43 bits per heavy atom. The summed E-state index contributed by atoms with van der Waals surface area (Å²) in [5, 5.41) is 0. The molecule has 0 radical (unpaired) electrons. The summed E-state index contributed by atoms with van der Waals surface area (Å²) in [6.45, 7) is 1.98. The van der Waals surface area contributed by atoms with Crippen LogP contribution in [0.15, 0.2) is 18.3 Å². The summed E-state index contributed by atoms with van der Waals surface area (Å²) in [5.74, 6) is 3.57. The maximum absolute atomic E-state index is 12.4. The van der Waals surface area contributed by atoms with Crippen LogP contribution in [0.1, 0.15) is 12.5 Å². The molecule has 0 unspecified atom stereocenters. The zero-order chi connectivity index (χ0) is 10.4. The van der Waals surface area contributed by atoms with E-state index in [-0.39, 0.29) is 6.61 Å². The van der Waals surface area contributed by atoms with Crippen molar-refractivity contribution in [3.05, 3.63) is 29.8 Å². The molecule has 0 N–H and O–H groups in total. The normalized spacial score (nSPS) is 8.71. The number of hydrogen-bond donors (Lipinski definition) is 0. The lowest BCUT2D eigenvalue weighted by Crippen LogP contribution is -1.99. The quantitative estimate of drug-likeness (QED) is 0.381. The zero-order valence-corrected chi connectivity index (χ0v) is 7.58. The summed E-state index contributed by atoms with van der Waals surface area (Å²) in [7, 11) is 0. The van der Waals surface area contributed by atoms with E-state index in [9.17, 15) is 9.18 Å². The summed E-state index contributed by atoms with van der Waals surface area (Å²) in [5.41, 5.74) is 0.472. The third-order valence-corrected chi connectivity index (χ3v) is 1.31. The molecule has 0 aliphatic rings. The zero-order valence-electron chi connectivity index (χ0n) is 7.58. The highest BCUT2D eigenvalue weighted by atomic mass is 19.1. The molecule has 14 heavy (non-hydrogen) atoms. The van der Waals surface area contributed by atoms with Crippen molar-refractivity contribution in [2.75, 3.05) is 6.61 Å². The fourth-order valence-electron chi connectivity index (χ4n) is 0.740. The molecule has 0 saturated carbocycles. The van der Waals surface area contributed by atoms with Gasteiger partial charge in [-0.3, -0.25) is 0 Å². The van der Waals surface area contributed by atoms with Gasteiger partial charge in [0.1, 0.15) is 0 Å². The molecule has 3 nitrogen and oxygen atoms in total. The smallest absolute Gasteiger partial charge is 0.384 e. The molecule has 0 amide bonds. The van der Waals surface area contributed by atoms with E-state index in [2.05, 4.69) is 21.6 Å². The minimum absolute atomic E-state index is 0.287. The van der Waals surface area contributed by atoms with Crippen molar-refractivity contribution >= 4 is 5.97 Å². The van der Waals surface area contributed by atoms with Gasteiger partial charge in [0, 0.05) is 17.7 Å². The second-order valence-electron chi connectivity index (χ2n) is 2.34. The van der Waals surface area contributed by atoms with E-state index >= 15 is 0 Å². The van der Waals surface area contributed by atoms with Gasteiger partial charge in [-0.1, -0.05) is 5.92 Å². The van der Waals surface area contributed by atoms with Crippen LogP contribution in [0, 0.1) is 17.8 Å². The first-order valence-electron chi connectivity index (χ1n) is 4.02. The molecule has 0 aliphatic carbocycles. The fourth-order valence-corrected chi connectivity index (χ4v) is 0.740. The van der Waals surface area contributed by atoms with Crippen molar-refractivity contribution in [3.8, 4) is 11.8 Å². The first-order valence-corrected chi connectivity index (χ1v) is 4.02. The molecule has 0 aliphatic heterocycles. The largest absolute Gasteiger partial charge is 0.456 e. The van der Waals surface area contributed by atoms with Gasteiger partial charge in [0.05, 0.1) is 6.61 Å². The van der Waals surface area contributed by atoms with E-state index in [0.29, 0.717) is 5.56 Å². The van der Waals surface area contributed by atoms with Crippen LogP contribution in [0.5, 0.6) is 0 Å². The Balaban J connectivity index is 2.68. The molecular formula is C10H8FNO2. The Bertz CT molecular complexity index is 375. The van der Waals surface area contributed by atoms with Gasteiger partial charge in [-0.2, -0.15) is 4.39 Å². The lowest BCUT2D eigenvalue weighted by atomic mass is 10.3. The first-order chi connectivity index (χ1) is 6.72. The molecule has 0 spiro atoms. The monoisotopic (exact) mass is 193 g/mol. The number of ether oxygens (including phenoxy) is 1. The van der Waals surface area contributed by atoms with E-state index in [1.165, 1.54) is 18.3 Å². The Kier molecular flexibility index (Phi) is 3.62. The van der Waals surface area contributed by atoms with E-state index in [1.54, 1.807) is 6.92 Å². The summed E-state index contributed by atoms with van der Waals surface area (Å²) in [6, 6.07) is 2.61. The van der Waals surface area contributed by atoms with Crippen LogP contribution < -0.4 is 0 Å². The standard InChI is InChI=1S/C10H8FNO2/c1-2-14-10(13)6-4-8-3-5-9(11)12-7-8/h3,5,7H,2H2,1H3. The molecule has 0 saturated heterocycles. The number of carbonyl (C=O) groups excluding carboxylic acids is 1. The van der Waals surface area contributed by atoms with Crippen LogP contribution in [-0.4, -0.2) is 17.6 Å². The van der Waals surface area contributed by atoms with Crippen LogP contribution in [0.25, 0.3) is 0 Å². The summed E-state index contributed by atoms with van der Waals surface area (Å²) in [6.07, 6.45) is 1.25. The molecule has 1 rings (SSSR count). The third-order valence-electron chi connectivity index (χ3n) is 1.31. The topological polar surface area (TPSA) is 39.2 Å². The average molecular weight is 193 g/mol. The van der Waals surface area contributed by atoms with Crippen molar-refractivity contribution in [1.82, 2.24) is 4.98 Å². The molecule has 1 heterocycles. The first kappa shape index (κ1) is 10.2. The van der Waals surface area contributed by atoms with Crippen molar-refractivity contribution < 1.29 is 13.9 Å². The van der Waals surface area contributed by atoms with Crippen LogP contribution in [-0.2, 0) is 9.53 Å². The Morgan fingerprint density at radius 3 is 3.00 bits per heavy atom. The van der Waals surface area contributed by atoms with Gasteiger partial charge in [0.2, 0.25) is 5.95 Å². The van der Waals surface area contributed by atoms with E-state index < -0.39 is 11.9 Å². The number of carbonyl (C=O) groups is 1. The Hall–Kier alpha value is -1.89. The third kappa shape index (κ3) is 3.23. The molecule has 0 bridgehead atoms. The van der Waals surface area contributed by atoms with Crippen LogP contribution >= 0.6 is 0 Å². The number of rotatable bonds is 1. The highest BCUT2D eigenvalue weighted by Gasteiger charge is 1.93. The van der Waals surface area contributed by atoms with Crippen LogP contribution in [0.3, 0.4) is 0 Å². The lowest BCUT2D eigenvalue weighted by molar-refractivity contribution is -0.136. The van der Waals surface area contributed by atoms with Crippen molar-refractivity contribution in [3.63, 3.8) is 0 Å². The van der Waals surface area contributed by atoms with Gasteiger partial charge in [0.25, 0.3) is 0 Å². The minimum Gasteiger partial charge on any atom is -0.456 e. The molecule has 0 fully saturated rings. The summed E-state index contributed by atoms with van der Waals surface area (Å²) < 4.78 is 16.9. The van der Waals surface area contributed by atoms with E-state index in [1.807, 2.05) is 0 Å². The molecule has 0 atom stereocenters. The fraction of sp³-hybridized carbons (Fsp3) is 0.200. The Morgan fingerprint density at radius 1 is 1.64 bits per heavy atom. The second-order valence-corrected chi connectivity index (χ2v) is 2.34.